The van der Waals surface area contributed by atoms with Gasteiger partial charge in [-0.15, -0.1) is 0 Å². The van der Waals surface area contributed by atoms with Crippen LogP contribution in [0.3, 0.4) is 0 Å². The highest BCUT2D eigenvalue weighted by atomic mass is 16.1. The fraction of sp³-hybridized carbons (Fsp3) is 0. The minimum Gasteiger partial charge on any atom is -0.289 e. The summed E-state index contributed by atoms with van der Waals surface area (Å²) in [5, 5.41) is 1.10. The van der Waals surface area contributed by atoms with Gasteiger partial charge in [-0.25, -0.2) is 9.98 Å². The van der Waals surface area contributed by atoms with E-state index in [2.05, 4.69) is 15.0 Å². The number of rotatable bonds is 2. The first-order chi connectivity index (χ1) is 9.74. The molecule has 1 amide bonds. The fourth-order valence-electron chi connectivity index (χ4n) is 1.82. The standard InChI is InChI=1S/C15H9N3O2/c19-14(10-5-7-16-8-6-10)9-13-15(20)18-12-4-2-1-3-11(12)17-13/h1-9H/b13-9-. The van der Waals surface area contributed by atoms with Gasteiger partial charge in [0.15, 0.2) is 5.78 Å². The first-order valence-electron chi connectivity index (χ1n) is 5.97. The first-order valence-corrected chi connectivity index (χ1v) is 5.97. The van der Waals surface area contributed by atoms with Crippen LogP contribution in [0, 0.1) is 0 Å². The average molecular weight is 263 g/mol. The fourth-order valence-corrected chi connectivity index (χ4v) is 1.82. The van der Waals surface area contributed by atoms with Gasteiger partial charge in [0, 0.05) is 24.0 Å². The highest BCUT2D eigenvalue weighted by molar-refractivity contribution is 6.09. The molecule has 0 unspecified atom stereocenters. The van der Waals surface area contributed by atoms with Crippen LogP contribution in [-0.2, 0) is 4.79 Å². The average Bonchev–Trinajstić information content (AvgIpc) is 2.49. The molecule has 1 aromatic carbocycles. The molecule has 0 N–H and O–H groups in total. The smallest absolute Gasteiger partial charge is 0.289 e. The summed E-state index contributed by atoms with van der Waals surface area (Å²) in [6, 6.07) is 10.2. The summed E-state index contributed by atoms with van der Waals surface area (Å²) in [5.74, 6) is -0.805. The number of hydrogen-bond acceptors (Lipinski definition) is 4. The van der Waals surface area contributed by atoms with E-state index < -0.39 is 5.91 Å². The Kier molecular flexibility index (Phi) is 3.01. The predicted octanol–water partition coefficient (Wildman–Crippen LogP) is 0.628. The number of amides is 1. The number of fused-ring (bicyclic) bond motifs is 1. The van der Waals surface area contributed by atoms with Gasteiger partial charge in [0.2, 0.25) is 0 Å². The lowest BCUT2D eigenvalue weighted by molar-refractivity contribution is -0.114. The molecule has 0 saturated carbocycles. The summed E-state index contributed by atoms with van der Waals surface area (Å²) in [6.07, 6.45) is 4.24. The van der Waals surface area contributed by atoms with Crippen LogP contribution in [-0.4, -0.2) is 16.7 Å². The molecule has 2 heterocycles. The number of ketones is 1. The summed E-state index contributed by atoms with van der Waals surface area (Å²) < 4.78 is 0. The SMILES string of the molecule is O=C1N=c2ccccc2=N/C1=C\C(=O)c1ccncc1. The van der Waals surface area contributed by atoms with Crippen LogP contribution in [0.5, 0.6) is 0 Å². The number of aromatic nitrogens is 1. The van der Waals surface area contributed by atoms with E-state index in [0.717, 1.165) is 0 Å². The lowest BCUT2D eigenvalue weighted by Gasteiger charge is -2.02. The quantitative estimate of drug-likeness (QED) is 0.589. The number of carbonyl (C=O) groups excluding carboxylic acids is 2. The minimum absolute atomic E-state index is 0.0468. The molecule has 5 nitrogen and oxygen atoms in total. The Balaban J connectivity index is 2.04. The topological polar surface area (TPSA) is 71.8 Å². The van der Waals surface area contributed by atoms with E-state index in [1.54, 1.807) is 36.4 Å². The molecule has 3 rings (SSSR count). The zero-order chi connectivity index (χ0) is 13.9. The summed E-state index contributed by atoms with van der Waals surface area (Å²) in [5.41, 5.74) is 0.500. The Morgan fingerprint density at radius 3 is 2.30 bits per heavy atom. The largest absolute Gasteiger partial charge is 0.296 e. The Hall–Kier alpha value is -2.95. The van der Waals surface area contributed by atoms with E-state index in [4.69, 9.17) is 0 Å². The van der Waals surface area contributed by atoms with Crippen LogP contribution in [0.25, 0.3) is 0 Å². The van der Waals surface area contributed by atoms with Crippen molar-refractivity contribution in [1.82, 2.24) is 4.98 Å². The van der Waals surface area contributed by atoms with Crippen molar-refractivity contribution < 1.29 is 9.59 Å². The molecule has 20 heavy (non-hydrogen) atoms. The van der Waals surface area contributed by atoms with Gasteiger partial charge < -0.3 is 0 Å². The molecule has 2 aromatic rings. The van der Waals surface area contributed by atoms with Crippen LogP contribution in [0.4, 0.5) is 0 Å². The Bertz CT molecular complexity index is 839. The second-order valence-corrected chi connectivity index (χ2v) is 4.15. The highest BCUT2D eigenvalue weighted by Crippen LogP contribution is 2.06. The second-order valence-electron chi connectivity index (χ2n) is 4.15. The summed E-state index contributed by atoms with van der Waals surface area (Å²) in [4.78, 5) is 35.8. The van der Waals surface area contributed by atoms with E-state index in [0.29, 0.717) is 16.3 Å². The molecule has 5 heteroatoms. The van der Waals surface area contributed by atoms with Crippen molar-refractivity contribution in [3.63, 3.8) is 0 Å². The van der Waals surface area contributed by atoms with Crippen LogP contribution in [0.1, 0.15) is 10.4 Å². The molecule has 0 spiro atoms. The van der Waals surface area contributed by atoms with Gasteiger partial charge in [-0.1, -0.05) is 12.1 Å². The van der Waals surface area contributed by atoms with Gasteiger partial charge >= 0.3 is 0 Å². The van der Waals surface area contributed by atoms with Gasteiger partial charge in [-0.3, -0.25) is 14.6 Å². The van der Waals surface area contributed by atoms with E-state index in [1.807, 2.05) is 0 Å². The Morgan fingerprint density at radius 2 is 1.60 bits per heavy atom. The van der Waals surface area contributed by atoms with Crippen molar-refractivity contribution in [2.45, 2.75) is 0 Å². The molecule has 96 valence electrons. The van der Waals surface area contributed by atoms with Gasteiger partial charge in [0.05, 0.1) is 10.7 Å². The van der Waals surface area contributed by atoms with Crippen molar-refractivity contribution in [2.24, 2.45) is 9.98 Å². The van der Waals surface area contributed by atoms with Gasteiger partial charge in [0.1, 0.15) is 5.70 Å². The van der Waals surface area contributed by atoms with Gasteiger partial charge in [-0.2, -0.15) is 0 Å². The van der Waals surface area contributed by atoms with E-state index in [1.165, 1.54) is 18.5 Å². The maximum atomic E-state index is 12.0. The van der Waals surface area contributed by atoms with Crippen LogP contribution in [0.15, 0.2) is 70.5 Å². The summed E-state index contributed by atoms with van der Waals surface area (Å²) in [7, 11) is 0. The molecule has 1 aromatic heterocycles. The number of carbonyl (C=O) groups is 2. The van der Waals surface area contributed by atoms with E-state index in [9.17, 15) is 9.59 Å². The van der Waals surface area contributed by atoms with Crippen molar-refractivity contribution in [1.29, 1.82) is 0 Å². The third-order valence-corrected chi connectivity index (χ3v) is 2.80. The van der Waals surface area contributed by atoms with Gasteiger partial charge in [-0.05, 0) is 24.3 Å². The number of benzene rings is 1. The van der Waals surface area contributed by atoms with Crippen LogP contribution in [0.2, 0.25) is 0 Å². The third-order valence-electron chi connectivity index (χ3n) is 2.80. The Labute approximate surface area is 114 Å². The number of pyridine rings is 1. The lowest BCUT2D eigenvalue weighted by Crippen LogP contribution is -2.30. The maximum Gasteiger partial charge on any atom is 0.296 e. The predicted molar refractivity (Wildman–Crippen MR) is 70.4 cm³/mol. The lowest BCUT2D eigenvalue weighted by atomic mass is 10.1. The number of hydrogen-bond donors (Lipinski definition) is 0. The zero-order valence-corrected chi connectivity index (χ0v) is 10.4. The van der Waals surface area contributed by atoms with Crippen molar-refractivity contribution >= 4 is 11.7 Å². The van der Waals surface area contributed by atoms with Crippen molar-refractivity contribution in [2.75, 3.05) is 0 Å². The summed E-state index contributed by atoms with van der Waals surface area (Å²) in [6.45, 7) is 0. The molecular formula is C15H9N3O2. The normalized spacial score (nSPS) is 15.2. The molecule has 1 aliphatic heterocycles. The maximum absolute atomic E-state index is 12.0. The number of allylic oxidation sites excluding steroid dienone is 1. The Morgan fingerprint density at radius 1 is 0.950 bits per heavy atom. The molecule has 0 saturated heterocycles. The first kappa shape index (κ1) is 12.1. The van der Waals surface area contributed by atoms with Crippen molar-refractivity contribution in [3.05, 3.63) is 76.8 Å². The minimum atomic E-state index is -0.508. The van der Waals surface area contributed by atoms with Crippen LogP contribution < -0.4 is 10.7 Å². The van der Waals surface area contributed by atoms with E-state index in [-0.39, 0.29) is 11.5 Å². The number of para-hydroxylation sites is 2. The zero-order valence-electron chi connectivity index (χ0n) is 10.4. The molecule has 0 radical (unpaired) electrons. The molecule has 0 atom stereocenters. The molecule has 0 aliphatic carbocycles. The van der Waals surface area contributed by atoms with E-state index >= 15 is 0 Å². The van der Waals surface area contributed by atoms with Crippen molar-refractivity contribution in [3.8, 4) is 0 Å². The third kappa shape index (κ3) is 2.29. The van der Waals surface area contributed by atoms with Crippen LogP contribution >= 0.6 is 0 Å². The monoisotopic (exact) mass is 263 g/mol. The highest BCUT2D eigenvalue weighted by Gasteiger charge is 2.14. The molecular weight excluding hydrogens is 254 g/mol. The molecule has 1 aliphatic rings. The second kappa shape index (κ2) is 4.97. The summed E-state index contributed by atoms with van der Waals surface area (Å²) >= 11 is 0. The van der Waals surface area contributed by atoms with Gasteiger partial charge in [0.25, 0.3) is 5.91 Å². The molecule has 0 fully saturated rings. The molecule has 0 bridgehead atoms. The number of nitrogens with zero attached hydrogens (tertiary/aromatic N) is 3.